The molecule has 28 heavy (non-hydrogen) atoms. The molecule has 4 rings (SSSR count). The number of aromatic nitrogens is 4. The van der Waals surface area contributed by atoms with Crippen LogP contribution >= 0.6 is 11.8 Å². The highest BCUT2D eigenvalue weighted by molar-refractivity contribution is 7.99. The van der Waals surface area contributed by atoms with Gasteiger partial charge in [0.1, 0.15) is 17.6 Å². The molecule has 1 unspecified atom stereocenters. The summed E-state index contributed by atoms with van der Waals surface area (Å²) in [6.07, 6.45) is 4.99. The molecule has 3 aromatic rings. The topological polar surface area (TPSA) is 75.5 Å². The molecule has 0 radical (unpaired) electrons. The summed E-state index contributed by atoms with van der Waals surface area (Å²) < 4.78 is 20.6. The number of terminal acetylenes is 1. The number of halogens is 1. The van der Waals surface area contributed by atoms with Crippen molar-refractivity contribution in [3.8, 4) is 23.5 Å². The van der Waals surface area contributed by atoms with Crippen molar-refractivity contribution in [1.82, 2.24) is 24.5 Å². The monoisotopic (exact) mass is 399 g/mol. The largest absolute Gasteiger partial charge is 0.369 e. The second-order valence-electron chi connectivity index (χ2n) is 6.46. The molecule has 144 valence electrons. The van der Waals surface area contributed by atoms with Crippen molar-refractivity contribution in [2.24, 2.45) is 0 Å². The summed E-state index contributed by atoms with van der Waals surface area (Å²) in [5.41, 5.74) is 1.96. The zero-order chi connectivity index (χ0) is 19.7. The van der Waals surface area contributed by atoms with Crippen LogP contribution in [0.25, 0.3) is 16.8 Å². The van der Waals surface area contributed by atoms with Crippen LogP contribution in [0, 0.1) is 18.2 Å². The van der Waals surface area contributed by atoms with Gasteiger partial charge < -0.3 is 9.64 Å². The molecule has 9 heteroatoms. The Morgan fingerprint density at radius 1 is 1.43 bits per heavy atom. The molecule has 0 aliphatic carbocycles. The van der Waals surface area contributed by atoms with Crippen molar-refractivity contribution in [2.45, 2.75) is 11.3 Å². The van der Waals surface area contributed by atoms with Crippen molar-refractivity contribution in [3.05, 3.63) is 46.3 Å². The zero-order valence-corrected chi connectivity index (χ0v) is 16.0. The fourth-order valence-corrected chi connectivity index (χ4v) is 3.71. The van der Waals surface area contributed by atoms with Crippen LogP contribution in [0.15, 0.2) is 34.2 Å². The van der Waals surface area contributed by atoms with Crippen LogP contribution in [0.1, 0.15) is 11.8 Å². The Morgan fingerprint density at radius 2 is 2.21 bits per heavy atom. The van der Waals surface area contributed by atoms with Crippen molar-refractivity contribution in [1.29, 1.82) is 0 Å². The lowest BCUT2D eigenvalue weighted by Crippen LogP contribution is -2.35. The minimum absolute atomic E-state index is 0.318. The summed E-state index contributed by atoms with van der Waals surface area (Å²) in [6, 6.07) is 6.05. The Bertz CT molecular complexity index is 1100. The summed E-state index contributed by atoms with van der Waals surface area (Å²) in [5, 5.41) is 4.92. The molecule has 7 nitrogen and oxygen atoms in total. The summed E-state index contributed by atoms with van der Waals surface area (Å²) in [7, 11) is 2.00. The van der Waals surface area contributed by atoms with Crippen LogP contribution in [-0.2, 0) is 4.74 Å². The zero-order valence-electron chi connectivity index (χ0n) is 15.2. The van der Waals surface area contributed by atoms with E-state index in [-0.39, 0.29) is 11.9 Å². The van der Waals surface area contributed by atoms with Crippen LogP contribution in [0.4, 0.5) is 4.39 Å². The van der Waals surface area contributed by atoms with E-state index in [0.29, 0.717) is 46.5 Å². The Balaban J connectivity index is 1.93. The lowest BCUT2D eigenvalue weighted by molar-refractivity contribution is -0.0229. The first-order chi connectivity index (χ1) is 13.6. The predicted molar refractivity (Wildman–Crippen MR) is 105 cm³/mol. The van der Waals surface area contributed by atoms with E-state index in [4.69, 9.17) is 11.2 Å². The summed E-state index contributed by atoms with van der Waals surface area (Å²) in [4.78, 5) is 22.0. The quantitative estimate of drug-likeness (QED) is 0.534. The molecule has 1 atom stereocenters. The molecule has 1 saturated heterocycles. The summed E-state index contributed by atoms with van der Waals surface area (Å²) in [6.45, 7) is 2.01. The molecule has 2 aromatic heterocycles. The molecule has 1 fully saturated rings. The van der Waals surface area contributed by atoms with E-state index in [1.165, 1.54) is 28.4 Å². The molecular weight excluding hydrogens is 381 g/mol. The van der Waals surface area contributed by atoms with Crippen molar-refractivity contribution >= 4 is 17.4 Å². The van der Waals surface area contributed by atoms with Gasteiger partial charge in [0, 0.05) is 13.1 Å². The standard InChI is InChI=1S/C19H18FN5O2S/c1-3-10-28-18-21-17-15(12-4-6-13(20)7-5-12)16(23-25(17)19(26)22-18)14-11-24(2)8-9-27-14/h1,4-7,14H,8-11H2,2H3,(H,21,22,26). The molecule has 0 spiro atoms. The van der Waals surface area contributed by atoms with Gasteiger partial charge in [-0.25, -0.2) is 14.2 Å². The first-order valence-corrected chi connectivity index (χ1v) is 9.70. The third-order valence-electron chi connectivity index (χ3n) is 4.50. The number of likely N-dealkylation sites (N-methyl/N-ethyl adjacent to an activating group) is 1. The molecule has 1 N–H and O–H groups in total. The number of hydrogen-bond acceptors (Lipinski definition) is 6. The van der Waals surface area contributed by atoms with Gasteiger partial charge in [0.05, 0.1) is 17.9 Å². The number of hydrogen-bond donors (Lipinski definition) is 1. The van der Waals surface area contributed by atoms with Crippen molar-refractivity contribution in [3.63, 3.8) is 0 Å². The van der Waals surface area contributed by atoms with Crippen LogP contribution in [0.5, 0.6) is 0 Å². The molecule has 0 amide bonds. The lowest BCUT2D eigenvalue weighted by Gasteiger charge is -2.29. The number of benzene rings is 1. The van der Waals surface area contributed by atoms with Gasteiger partial charge in [-0.1, -0.05) is 29.8 Å². The molecule has 1 aromatic carbocycles. The SMILES string of the molecule is C#CCSc1nc2c(-c3ccc(F)cc3)c(C3CN(C)CCO3)nn2c(=O)[nH]1. The van der Waals surface area contributed by atoms with Gasteiger partial charge in [0.15, 0.2) is 10.8 Å². The fraction of sp³-hybridized carbons (Fsp3) is 0.316. The average molecular weight is 399 g/mol. The third kappa shape index (κ3) is 3.54. The van der Waals surface area contributed by atoms with Crippen molar-refractivity contribution < 1.29 is 9.13 Å². The van der Waals surface area contributed by atoms with E-state index < -0.39 is 5.69 Å². The van der Waals surface area contributed by atoms with Crippen LogP contribution in [0.2, 0.25) is 0 Å². The van der Waals surface area contributed by atoms with Crippen molar-refractivity contribution in [2.75, 3.05) is 32.5 Å². The van der Waals surface area contributed by atoms with Crippen LogP contribution in [-0.4, -0.2) is 57.0 Å². The minimum atomic E-state index is -0.414. The van der Waals surface area contributed by atoms with Gasteiger partial charge in [0.2, 0.25) is 0 Å². The predicted octanol–water partition coefficient (Wildman–Crippen LogP) is 1.95. The molecule has 3 heterocycles. The first-order valence-electron chi connectivity index (χ1n) is 8.72. The maximum atomic E-state index is 13.5. The highest BCUT2D eigenvalue weighted by Crippen LogP contribution is 2.34. The maximum Gasteiger partial charge on any atom is 0.350 e. The second kappa shape index (κ2) is 7.75. The number of H-pyrrole nitrogens is 1. The highest BCUT2D eigenvalue weighted by atomic mass is 32.2. The molecule has 0 saturated carbocycles. The van der Waals surface area contributed by atoms with E-state index in [1.807, 2.05) is 7.05 Å². The Hall–Kier alpha value is -2.67. The average Bonchev–Trinajstić information content (AvgIpc) is 3.07. The number of fused-ring (bicyclic) bond motifs is 1. The van der Waals surface area contributed by atoms with Gasteiger partial charge in [-0.3, -0.25) is 4.98 Å². The maximum absolute atomic E-state index is 13.5. The van der Waals surface area contributed by atoms with Gasteiger partial charge >= 0.3 is 5.69 Å². The van der Waals surface area contributed by atoms with Gasteiger partial charge in [-0.15, -0.1) is 6.42 Å². The molecule has 1 aliphatic rings. The number of rotatable bonds is 4. The lowest BCUT2D eigenvalue weighted by atomic mass is 10.0. The number of thioether (sulfide) groups is 1. The van der Waals surface area contributed by atoms with E-state index in [0.717, 1.165) is 6.54 Å². The minimum Gasteiger partial charge on any atom is -0.369 e. The number of aromatic amines is 1. The molecule has 1 aliphatic heterocycles. The fourth-order valence-electron chi connectivity index (χ4n) is 3.18. The molecule has 0 bridgehead atoms. The Morgan fingerprint density at radius 3 is 2.93 bits per heavy atom. The van der Waals surface area contributed by atoms with E-state index in [2.05, 4.69) is 25.9 Å². The van der Waals surface area contributed by atoms with Gasteiger partial charge in [-0.05, 0) is 24.7 Å². The van der Waals surface area contributed by atoms with E-state index in [1.54, 1.807) is 12.1 Å². The summed E-state index contributed by atoms with van der Waals surface area (Å²) >= 11 is 1.26. The van der Waals surface area contributed by atoms with E-state index >= 15 is 0 Å². The van der Waals surface area contributed by atoms with E-state index in [9.17, 15) is 9.18 Å². The Labute approximate surface area is 164 Å². The third-order valence-corrected chi connectivity index (χ3v) is 5.28. The van der Waals surface area contributed by atoms with Gasteiger partial charge in [-0.2, -0.15) is 9.61 Å². The second-order valence-corrected chi connectivity index (χ2v) is 7.43. The number of morpholine rings is 1. The molecular formula is C19H18FN5O2S. The highest BCUT2D eigenvalue weighted by Gasteiger charge is 2.28. The van der Waals surface area contributed by atoms with Crippen LogP contribution in [0.3, 0.4) is 0 Å². The Kier molecular flexibility index (Phi) is 5.17. The smallest absolute Gasteiger partial charge is 0.350 e. The number of ether oxygens (including phenoxy) is 1. The number of nitrogens with zero attached hydrogens (tertiary/aromatic N) is 4. The number of nitrogens with one attached hydrogen (secondary N) is 1. The first kappa shape index (κ1) is 18.7. The normalized spacial score (nSPS) is 17.7. The van der Waals surface area contributed by atoms with Gasteiger partial charge in [0.25, 0.3) is 0 Å². The summed E-state index contributed by atoms with van der Waals surface area (Å²) in [5.74, 6) is 2.55. The van der Waals surface area contributed by atoms with Crippen LogP contribution < -0.4 is 5.69 Å².